The summed E-state index contributed by atoms with van der Waals surface area (Å²) in [4.78, 5) is 44.3. The molecule has 0 aliphatic carbocycles. The van der Waals surface area contributed by atoms with Gasteiger partial charge in [0.15, 0.2) is 5.69 Å². The number of H-pyrrole nitrogens is 1. The van der Waals surface area contributed by atoms with Gasteiger partial charge >= 0.3 is 0 Å². The second-order valence-corrected chi connectivity index (χ2v) is 7.24. The van der Waals surface area contributed by atoms with Crippen LogP contribution < -0.4 is 11.1 Å². The minimum atomic E-state index is -1.12. The molecule has 4 rings (SSSR count). The number of primary amides is 1. The average molecular weight is 419 g/mol. The summed E-state index contributed by atoms with van der Waals surface area (Å²) >= 11 is 1.11. The lowest BCUT2D eigenvalue weighted by molar-refractivity contribution is -0.137. The van der Waals surface area contributed by atoms with Crippen LogP contribution in [0.5, 0.6) is 0 Å². The first-order valence-corrected chi connectivity index (χ1v) is 9.93. The first kappa shape index (κ1) is 19.5. The molecule has 9 heteroatoms. The van der Waals surface area contributed by atoms with Gasteiger partial charge in [-0.1, -0.05) is 24.3 Å². The van der Waals surface area contributed by atoms with Crippen LogP contribution in [-0.2, 0) is 16.0 Å². The third kappa shape index (κ3) is 3.83. The van der Waals surface area contributed by atoms with E-state index in [-0.39, 0.29) is 12.1 Å². The van der Waals surface area contributed by atoms with Crippen LogP contribution >= 0.6 is 11.5 Å². The predicted molar refractivity (Wildman–Crippen MR) is 113 cm³/mol. The number of nitrogens with one attached hydrogen (secondary N) is 2. The maximum absolute atomic E-state index is 12.9. The van der Waals surface area contributed by atoms with Crippen LogP contribution in [-0.4, -0.2) is 38.0 Å². The van der Waals surface area contributed by atoms with Crippen molar-refractivity contribution in [1.29, 1.82) is 0 Å². The van der Waals surface area contributed by atoms with Crippen LogP contribution in [0.3, 0.4) is 0 Å². The summed E-state index contributed by atoms with van der Waals surface area (Å²) < 4.78 is 4.15. The Balaban J connectivity index is 1.62. The highest BCUT2D eigenvalue weighted by atomic mass is 32.1. The fraction of sp³-hybridized carbons (Fsp3) is 0.0952. The van der Waals surface area contributed by atoms with E-state index in [9.17, 15) is 14.4 Å². The molecule has 30 heavy (non-hydrogen) atoms. The topological polar surface area (TPSA) is 131 Å². The monoisotopic (exact) mass is 419 g/mol. The van der Waals surface area contributed by atoms with E-state index in [1.807, 2.05) is 24.3 Å². The third-order valence-corrected chi connectivity index (χ3v) is 5.32. The fourth-order valence-electron chi connectivity index (χ4n) is 3.23. The Labute approximate surface area is 175 Å². The van der Waals surface area contributed by atoms with Crippen molar-refractivity contribution in [1.82, 2.24) is 19.7 Å². The van der Waals surface area contributed by atoms with E-state index in [1.165, 1.54) is 0 Å². The Kier molecular flexibility index (Phi) is 5.36. The number of pyridine rings is 1. The molecule has 4 aromatic rings. The van der Waals surface area contributed by atoms with Crippen LogP contribution in [0.15, 0.2) is 60.2 Å². The van der Waals surface area contributed by atoms with Crippen molar-refractivity contribution in [3.05, 3.63) is 71.5 Å². The summed E-state index contributed by atoms with van der Waals surface area (Å²) in [7, 11) is 0. The Bertz CT molecular complexity index is 1230. The summed E-state index contributed by atoms with van der Waals surface area (Å²) in [6, 6.07) is 11.8. The van der Waals surface area contributed by atoms with Crippen molar-refractivity contribution in [2.24, 2.45) is 5.73 Å². The summed E-state index contributed by atoms with van der Waals surface area (Å²) in [5, 5.41) is 5.24. The lowest BCUT2D eigenvalue weighted by atomic mass is 10.0. The number of fused-ring (bicyclic) bond motifs is 1. The van der Waals surface area contributed by atoms with Gasteiger partial charge in [0, 0.05) is 40.7 Å². The van der Waals surface area contributed by atoms with Crippen molar-refractivity contribution in [3.8, 4) is 11.3 Å². The van der Waals surface area contributed by atoms with Crippen LogP contribution in [0.4, 0.5) is 0 Å². The van der Waals surface area contributed by atoms with Gasteiger partial charge < -0.3 is 16.0 Å². The largest absolute Gasteiger partial charge is 0.363 e. The molecular formula is C21H17N5O3S. The van der Waals surface area contributed by atoms with E-state index in [1.54, 1.807) is 36.0 Å². The maximum Gasteiger partial charge on any atom is 0.287 e. The Morgan fingerprint density at radius 3 is 2.70 bits per heavy atom. The summed E-state index contributed by atoms with van der Waals surface area (Å²) in [5.41, 5.74) is 8.18. The molecule has 1 atom stereocenters. The van der Waals surface area contributed by atoms with Gasteiger partial charge in [0.1, 0.15) is 6.04 Å². The Morgan fingerprint density at radius 1 is 1.13 bits per heavy atom. The molecule has 1 aromatic carbocycles. The summed E-state index contributed by atoms with van der Waals surface area (Å²) in [6.45, 7) is 0. The highest BCUT2D eigenvalue weighted by Crippen LogP contribution is 2.24. The summed E-state index contributed by atoms with van der Waals surface area (Å²) in [6.07, 6.45) is 3.48. The molecular weight excluding hydrogens is 402 g/mol. The lowest BCUT2D eigenvalue weighted by Crippen LogP contribution is -2.47. The standard InChI is InChI=1S/C21H17N5O3S/c22-20(28)19(27)17(9-12-10-24-15-6-2-1-5-13(12)15)25-21(29)18-14(11-30-26-18)16-7-3-4-8-23-16/h1-8,10-11,17,24H,9H2,(H2,22,28)(H,25,29). The van der Waals surface area contributed by atoms with Crippen molar-refractivity contribution in [2.75, 3.05) is 0 Å². The predicted octanol–water partition coefficient (Wildman–Crippen LogP) is 2.08. The van der Waals surface area contributed by atoms with E-state index < -0.39 is 23.6 Å². The van der Waals surface area contributed by atoms with Crippen molar-refractivity contribution in [2.45, 2.75) is 12.5 Å². The van der Waals surface area contributed by atoms with Gasteiger partial charge in [-0.15, -0.1) is 0 Å². The molecule has 1 unspecified atom stereocenters. The second kappa shape index (κ2) is 8.26. The van der Waals surface area contributed by atoms with E-state index in [2.05, 4.69) is 19.7 Å². The Morgan fingerprint density at radius 2 is 1.93 bits per heavy atom. The second-order valence-electron chi connectivity index (χ2n) is 6.61. The average Bonchev–Trinajstić information content (AvgIpc) is 3.41. The number of hydrogen-bond donors (Lipinski definition) is 3. The van der Waals surface area contributed by atoms with Crippen LogP contribution in [0.1, 0.15) is 16.1 Å². The van der Waals surface area contributed by atoms with Crippen LogP contribution in [0.25, 0.3) is 22.2 Å². The van der Waals surface area contributed by atoms with Crippen LogP contribution in [0, 0.1) is 0 Å². The van der Waals surface area contributed by atoms with Crippen molar-refractivity contribution in [3.63, 3.8) is 0 Å². The smallest absolute Gasteiger partial charge is 0.287 e. The first-order valence-electron chi connectivity index (χ1n) is 9.10. The van der Waals surface area contributed by atoms with Crippen molar-refractivity contribution >= 4 is 40.0 Å². The number of nitrogens with zero attached hydrogens (tertiary/aromatic N) is 2. The molecule has 0 fully saturated rings. The number of para-hydroxylation sites is 1. The van der Waals surface area contributed by atoms with E-state index in [0.29, 0.717) is 11.3 Å². The highest BCUT2D eigenvalue weighted by Gasteiger charge is 2.28. The minimum Gasteiger partial charge on any atom is -0.363 e. The highest BCUT2D eigenvalue weighted by molar-refractivity contribution is 7.04. The number of nitrogens with two attached hydrogens (primary N) is 1. The number of Topliss-reactive ketones (excluding diaryl/α,β-unsaturated/α-hetero) is 1. The SMILES string of the molecule is NC(=O)C(=O)C(Cc1c[nH]c2ccccc12)NC(=O)c1nscc1-c1ccccn1. The number of aromatic amines is 1. The van der Waals surface area contributed by atoms with E-state index >= 15 is 0 Å². The van der Waals surface area contributed by atoms with Gasteiger partial charge in [-0.3, -0.25) is 19.4 Å². The van der Waals surface area contributed by atoms with Gasteiger partial charge in [-0.25, -0.2) is 0 Å². The number of carbonyl (C=O) groups is 3. The molecule has 150 valence electrons. The first-order chi connectivity index (χ1) is 14.5. The van der Waals surface area contributed by atoms with Crippen molar-refractivity contribution < 1.29 is 14.4 Å². The van der Waals surface area contributed by atoms with E-state index in [0.717, 1.165) is 28.0 Å². The molecule has 0 aliphatic heterocycles. The molecule has 0 saturated heterocycles. The molecule has 0 saturated carbocycles. The third-order valence-electron chi connectivity index (χ3n) is 4.69. The van der Waals surface area contributed by atoms with Gasteiger partial charge in [0.2, 0.25) is 5.78 Å². The molecule has 0 spiro atoms. The lowest BCUT2D eigenvalue weighted by Gasteiger charge is -2.16. The number of amides is 2. The Hall–Kier alpha value is -3.85. The van der Waals surface area contributed by atoms with Gasteiger partial charge in [0.25, 0.3) is 11.8 Å². The molecule has 8 nitrogen and oxygen atoms in total. The van der Waals surface area contributed by atoms with Gasteiger partial charge in [-0.2, -0.15) is 4.37 Å². The number of hydrogen-bond acceptors (Lipinski definition) is 6. The van der Waals surface area contributed by atoms with Gasteiger partial charge in [0.05, 0.1) is 5.69 Å². The zero-order valence-electron chi connectivity index (χ0n) is 15.7. The number of aromatic nitrogens is 3. The molecule has 4 N–H and O–H groups in total. The minimum absolute atomic E-state index is 0.112. The fourth-order valence-corrected chi connectivity index (χ4v) is 3.91. The number of carbonyl (C=O) groups excluding carboxylic acids is 3. The molecule has 0 aliphatic rings. The zero-order valence-corrected chi connectivity index (χ0v) is 16.5. The number of rotatable bonds is 7. The molecule has 0 bridgehead atoms. The maximum atomic E-state index is 12.9. The zero-order chi connectivity index (χ0) is 21.1. The number of benzene rings is 1. The quantitative estimate of drug-likeness (QED) is 0.395. The van der Waals surface area contributed by atoms with Crippen LogP contribution in [0.2, 0.25) is 0 Å². The summed E-state index contributed by atoms with van der Waals surface area (Å²) in [5.74, 6) is -2.55. The molecule has 3 aromatic heterocycles. The molecule has 0 radical (unpaired) electrons. The normalized spacial score (nSPS) is 11.9. The van der Waals surface area contributed by atoms with Gasteiger partial charge in [-0.05, 0) is 35.3 Å². The molecule has 3 heterocycles. The molecule has 2 amide bonds. The van der Waals surface area contributed by atoms with E-state index in [4.69, 9.17) is 5.73 Å². The number of ketones is 1.